The Morgan fingerprint density at radius 3 is 2.81 bits per heavy atom. The van der Waals surface area contributed by atoms with Gasteiger partial charge in [-0.05, 0) is 35.7 Å². The third kappa shape index (κ3) is 4.46. The van der Waals surface area contributed by atoms with E-state index in [1.807, 2.05) is 42.5 Å². The maximum Gasteiger partial charge on any atom is 0.231 e. The van der Waals surface area contributed by atoms with E-state index < -0.39 is 0 Å². The monoisotopic (exact) mass is 356 g/mol. The van der Waals surface area contributed by atoms with Crippen LogP contribution >= 0.6 is 0 Å². The topological polar surface area (TPSA) is 74.0 Å². The maximum atomic E-state index is 12.7. The lowest BCUT2D eigenvalue weighted by molar-refractivity contribution is -0.132. The Bertz CT molecular complexity index is 763. The maximum absolute atomic E-state index is 12.7. The van der Waals surface area contributed by atoms with Crippen LogP contribution in [0.5, 0.6) is 11.5 Å². The molecule has 0 unspecified atom stereocenters. The van der Waals surface area contributed by atoms with Crippen molar-refractivity contribution in [3.63, 3.8) is 0 Å². The van der Waals surface area contributed by atoms with Crippen molar-refractivity contribution in [2.75, 3.05) is 32.8 Å². The quantitative estimate of drug-likeness (QED) is 0.736. The van der Waals surface area contributed by atoms with Gasteiger partial charge >= 0.3 is 0 Å². The van der Waals surface area contributed by atoms with Gasteiger partial charge in [-0.25, -0.2) is 0 Å². The second-order valence-corrected chi connectivity index (χ2v) is 6.19. The third-order valence-corrected chi connectivity index (χ3v) is 4.39. The first-order valence-corrected chi connectivity index (χ1v) is 8.66. The Kier molecular flexibility index (Phi) is 5.96. The lowest BCUT2D eigenvalue weighted by Gasteiger charge is -2.23. The Labute approximate surface area is 153 Å². The molecule has 6 heteroatoms. The van der Waals surface area contributed by atoms with Gasteiger partial charge in [0.05, 0.1) is 6.61 Å². The van der Waals surface area contributed by atoms with Gasteiger partial charge in [-0.3, -0.25) is 4.79 Å². The van der Waals surface area contributed by atoms with E-state index in [4.69, 9.17) is 19.9 Å². The van der Waals surface area contributed by atoms with Gasteiger partial charge < -0.3 is 24.8 Å². The van der Waals surface area contributed by atoms with Crippen molar-refractivity contribution >= 4 is 11.6 Å². The van der Waals surface area contributed by atoms with Crippen molar-refractivity contribution in [1.29, 1.82) is 0 Å². The van der Waals surface area contributed by atoms with Gasteiger partial charge in [0, 0.05) is 32.3 Å². The Morgan fingerprint density at radius 1 is 1.19 bits per heavy atom. The van der Waals surface area contributed by atoms with E-state index in [1.54, 1.807) is 12.0 Å². The van der Waals surface area contributed by atoms with Gasteiger partial charge in [0.15, 0.2) is 11.5 Å². The second-order valence-electron chi connectivity index (χ2n) is 6.19. The number of hydrogen-bond acceptors (Lipinski definition) is 5. The third-order valence-electron chi connectivity index (χ3n) is 4.39. The number of anilines is 1. The van der Waals surface area contributed by atoms with E-state index in [0.29, 0.717) is 32.5 Å². The minimum atomic E-state index is 0.0722. The van der Waals surface area contributed by atoms with Crippen LogP contribution in [0.4, 0.5) is 5.69 Å². The summed E-state index contributed by atoms with van der Waals surface area (Å²) in [6.07, 6.45) is 1.03. The van der Waals surface area contributed by atoms with Crippen LogP contribution in [0.3, 0.4) is 0 Å². The molecule has 26 heavy (non-hydrogen) atoms. The molecule has 1 aliphatic heterocycles. The minimum absolute atomic E-state index is 0.0722. The lowest BCUT2D eigenvalue weighted by Crippen LogP contribution is -2.33. The van der Waals surface area contributed by atoms with Gasteiger partial charge in [-0.1, -0.05) is 24.3 Å². The van der Waals surface area contributed by atoms with Crippen molar-refractivity contribution in [2.45, 2.75) is 19.4 Å². The highest BCUT2D eigenvalue weighted by Gasteiger charge is 2.17. The van der Waals surface area contributed by atoms with E-state index in [-0.39, 0.29) is 12.7 Å². The average molecular weight is 356 g/mol. The molecule has 0 fully saturated rings. The first-order valence-electron chi connectivity index (χ1n) is 8.66. The molecule has 0 saturated carbocycles. The molecule has 3 rings (SSSR count). The van der Waals surface area contributed by atoms with Crippen molar-refractivity contribution in [2.24, 2.45) is 0 Å². The number of nitrogens with two attached hydrogens (primary N) is 1. The number of amides is 1. The molecule has 0 spiro atoms. The first-order chi connectivity index (χ1) is 12.7. The van der Waals surface area contributed by atoms with E-state index in [1.165, 1.54) is 0 Å². The molecule has 138 valence electrons. The number of nitrogens with zero attached hydrogens (tertiary/aromatic N) is 1. The molecule has 2 aromatic carbocycles. The number of rotatable bonds is 8. The molecule has 0 aromatic heterocycles. The molecule has 0 atom stereocenters. The van der Waals surface area contributed by atoms with E-state index in [2.05, 4.69) is 0 Å². The fraction of sp³-hybridized carbons (Fsp3) is 0.350. The molecule has 0 saturated heterocycles. The smallest absolute Gasteiger partial charge is 0.231 e. The van der Waals surface area contributed by atoms with E-state index >= 15 is 0 Å². The van der Waals surface area contributed by atoms with E-state index in [9.17, 15) is 4.79 Å². The number of fused-ring (bicyclic) bond motifs is 1. The number of aryl methyl sites for hydroxylation is 1. The summed E-state index contributed by atoms with van der Waals surface area (Å²) in [6, 6.07) is 13.4. The zero-order valence-corrected chi connectivity index (χ0v) is 14.9. The normalized spacial score (nSPS) is 12.2. The summed E-state index contributed by atoms with van der Waals surface area (Å²) >= 11 is 0. The van der Waals surface area contributed by atoms with Crippen LogP contribution in [-0.4, -0.2) is 37.9 Å². The summed E-state index contributed by atoms with van der Waals surface area (Å²) < 4.78 is 15.9. The van der Waals surface area contributed by atoms with Gasteiger partial charge in [-0.15, -0.1) is 0 Å². The van der Waals surface area contributed by atoms with E-state index in [0.717, 1.165) is 28.3 Å². The van der Waals surface area contributed by atoms with Gasteiger partial charge in [0.2, 0.25) is 12.7 Å². The number of para-hydroxylation sites is 1. The SMILES string of the molecule is COCCN(Cc1ccc2c(c1)OCO2)C(=O)CCc1ccccc1N. The van der Waals surface area contributed by atoms with Crippen molar-refractivity contribution in [3.8, 4) is 11.5 Å². The number of methoxy groups -OCH3 is 1. The highest BCUT2D eigenvalue weighted by atomic mass is 16.7. The number of carbonyl (C=O) groups excluding carboxylic acids is 1. The Hall–Kier alpha value is -2.73. The molecule has 2 N–H and O–H groups in total. The zero-order valence-electron chi connectivity index (χ0n) is 14.9. The number of nitrogen functional groups attached to an aromatic ring is 1. The zero-order chi connectivity index (χ0) is 18.4. The number of hydrogen-bond donors (Lipinski definition) is 1. The molecule has 1 amide bonds. The minimum Gasteiger partial charge on any atom is -0.454 e. The molecule has 2 aromatic rings. The van der Waals surface area contributed by atoms with Crippen LogP contribution < -0.4 is 15.2 Å². The van der Waals surface area contributed by atoms with Crippen LogP contribution in [0, 0.1) is 0 Å². The first kappa shape index (κ1) is 18.1. The number of ether oxygens (including phenoxy) is 3. The summed E-state index contributed by atoms with van der Waals surface area (Å²) in [4.78, 5) is 14.6. The standard InChI is InChI=1S/C20H24N2O4/c1-24-11-10-22(13-15-6-8-18-19(12-15)26-14-25-18)20(23)9-7-16-4-2-3-5-17(16)21/h2-6,8,12H,7,9-11,13-14,21H2,1H3. The van der Waals surface area contributed by atoms with Gasteiger partial charge in [0.25, 0.3) is 0 Å². The molecule has 1 aliphatic rings. The van der Waals surface area contributed by atoms with Gasteiger partial charge in [-0.2, -0.15) is 0 Å². The highest BCUT2D eigenvalue weighted by molar-refractivity contribution is 5.76. The van der Waals surface area contributed by atoms with Crippen molar-refractivity contribution < 1.29 is 19.0 Å². The summed E-state index contributed by atoms with van der Waals surface area (Å²) in [5, 5.41) is 0. The number of carbonyl (C=O) groups is 1. The largest absolute Gasteiger partial charge is 0.454 e. The molecule has 1 heterocycles. The van der Waals surface area contributed by atoms with Crippen LogP contribution in [0.25, 0.3) is 0 Å². The van der Waals surface area contributed by atoms with Crippen LogP contribution in [0.1, 0.15) is 17.5 Å². The number of benzene rings is 2. The van der Waals surface area contributed by atoms with Gasteiger partial charge in [0.1, 0.15) is 0 Å². The Morgan fingerprint density at radius 2 is 2.00 bits per heavy atom. The fourth-order valence-corrected chi connectivity index (χ4v) is 2.91. The summed E-state index contributed by atoms with van der Waals surface area (Å²) in [5.74, 6) is 1.53. The molecule has 0 aliphatic carbocycles. The van der Waals surface area contributed by atoms with Crippen LogP contribution in [0.2, 0.25) is 0 Å². The lowest BCUT2D eigenvalue weighted by atomic mass is 10.1. The molecular formula is C20H24N2O4. The predicted molar refractivity (Wildman–Crippen MR) is 99.0 cm³/mol. The molecule has 0 bridgehead atoms. The van der Waals surface area contributed by atoms with Crippen molar-refractivity contribution in [1.82, 2.24) is 4.90 Å². The fourth-order valence-electron chi connectivity index (χ4n) is 2.91. The summed E-state index contributed by atoms with van der Waals surface area (Å²) in [6.45, 7) is 1.77. The second kappa shape index (κ2) is 8.58. The predicted octanol–water partition coefficient (Wildman–Crippen LogP) is 2.61. The Balaban J connectivity index is 1.64. The summed E-state index contributed by atoms with van der Waals surface area (Å²) in [5.41, 5.74) is 8.68. The molecular weight excluding hydrogens is 332 g/mol. The summed E-state index contributed by atoms with van der Waals surface area (Å²) in [7, 11) is 1.63. The highest BCUT2D eigenvalue weighted by Crippen LogP contribution is 2.32. The van der Waals surface area contributed by atoms with Crippen LogP contribution in [0.15, 0.2) is 42.5 Å². The van der Waals surface area contributed by atoms with Crippen molar-refractivity contribution in [3.05, 3.63) is 53.6 Å². The molecule has 6 nitrogen and oxygen atoms in total. The molecule has 0 radical (unpaired) electrons. The van der Waals surface area contributed by atoms with Crippen LogP contribution in [-0.2, 0) is 22.5 Å². The average Bonchev–Trinajstić information content (AvgIpc) is 3.12.